The Hall–Kier alpha value is -3.15. The molecule has 1 aromatic heterocycles. The minimum Gasteiger partial charge on any atom is -0.489 e. The normalized spacial score (nSPS) is 11.1. The van der Waals surface area contributed by atoms with E-state index in [1.54, 1.807) is 28.8 Å². The molecule has 1 amide bonds. The number of hydrogen-bond donors (Lipinski definition) is 1. The number of benzene rings is 2. The van der Waals surface area contributed by atoms with E-state index in [0.29, 0.717) is 30.1 Å². The predicted octanol–water partition coefficient (Wildman–Crippen LogP) is 4.92. The Bertz CT molecular complexity index is 1040. The summed E-state index contributed by atoms with van der Waals surface area (Å²) in [7, 11) is 0. The minimum absolute atomic E-state index is 0.0163. The Morgan fingerprint density at radius 1 is 1.24 bits per heavy atom. The van der Waals surface area contributed by atoms with Crippen LogP contribution in [-0.4, -0.2) is 23.6 Å². The number of ether oxygens (including phenoxy) is 1. The molecule has 0 fully saturated rings. The van der Waals surface area contributed by atoms with E-state index >= 15 is 0 Å². The van der Waals surface area contributed by atoms with Gasteiger partial charge in [-0.2, -0.15) is 0 Å². The van der Waals surface area contributed by atoms with Crippen molar-refractivity contribution in [2.75, 3.05) is 13.2 Å². The van der Waals surface area contributed by atoms with Gasteiger partial charge < -0.3 is 14.6 Å². The lowest BCUT2D eigenvalue weighted by Crippen LogP contribution is -2.29. The van der Waals surface area contributed by atoms with Crippen LogP contribution in [-0.2, 0) is 6.54 Å². The molecule has 2 aromatic carbocycles. The van der Waals surface area contributed by atoms with Gasteiger partial charge in [0.1, 0.15) is 29.7 Å². The summed E-state index contributed by atoms with van der Waals surface area (Å²) in [6.07, 6.45) is 1.63. The highest BCUT2D eigenvalue weighted by Gasteiger charge is 2.19. The number of carbonyl (C=O) groups is 1. The number of aromatic nitrogens is 1. The van der Waals surface area contributed by atoms with Gasteiger partial charge in [0.15, 0.2) is 0 Å². The van der Waals surface area contributed by atoms with Gasteiger partial charge in [0.2, 0.25) is 0 Å². The highest BCUT2D eigenvalue weighted by Crippen LogP contribution is 2.30. The lowest BCUT2D eigenvalue weighted by atomic mass is 10.2. The molecule has 1 heterocycles. The molecule has 0 radical (unpaired) electrons. The van der Waals surface area contributed by atoms with Crippen LogP contribution < -0.4 is 10.1 Å². The quantitative estimate of drug-likeness (QED) is 0.548. The largest absolute Gasteiger partial charge is 0.489 e. The number of rotatable bonds is 8. The van der Waals surface area contributed by atoms with Gasteiger partial charge in [-0.15, -0.1) is 0 Å². The molecule has 3 aromatic rings. The van der Waals surface area contributed by atoms with Crippen LogP contribution >= 0.6 is 0 Å². The second-order valence-electron chi connectivity index (χ2n) is 7.24. The summed E-state index contributed by atoms with van der Waals surface area (Å²) >= 11 is 0. The van der Waals surface area contributed by atoms with Crippen LogP contribution in [0.25, 0.3) is 10.9 Å². The molecule has 29 heavy (non-hydrogen) atoms. The highest BCUT2D eigenvalue weighted by molar-refractivity contribution is 6.00. The number of nitrogens with zero attached hydrogens (tertiary/aromatic N) is 1. The summed E-state index contributed by atoms with van der Waals surface area (Å²) in [6.45, 7) is 8.49. The minimum atomic E-state index is -0.529. The van der Waals surface area contributed by atoms with Crippen LogP contribution in [0.1, 0.15) is 29.9 Å². The molecule has 0 bridgehead atoms. The van der Waals surface area contributed by atoms with Gasteiger partial charge >= 0.3 is 0 Å². The maximum atomic E-state index is 14.3. The van der Waals surface area contributed by atoms with Crippen molar-refractivity contribution in [1.29, 1.82) is 0 Å². The number of hydrogen-bond acceptors (Lipinski definition) is 2. The molecule has 0 aliphatic heterocycles. The maximum Gasteiger partial charge on any atom is 0.267 e. The third-order valence-electron chi connectivity index (χ3n) is 4.50. The summed E-state index contributed by atoms with van der Waals surface area (Å²) in [5.41, 5.74) is 1.22. The van der Waals surface area contributed by atoms with Crippen molar-refractivity contribution in [1.82, 2.24) is 9.88 Å². The molecule has 3 rings (SSSR count). The second-order valence-corrected chi connectivity index (χ2v) is 7.24. The van der Waals surface area contributed by atoms with Crippen molar-refractivity contribution in [2.24, 2.45) is 5.92 Å². The summed E-state index contributed by atoms with van der Waals surface area (Å²) in [5.74, 6) is -0.455. The number of fused-ring (bicyclic) bond motifs is 1. The maximum absolute atomic E-state index is 14.3. The first-order valence-electron chi connectivity index (χ1n) is 9.48. The van der Waals surface area contributed by atoms with Gasteiger partial charge in [-0.05, 0) is 42.3 Å². The van der Waals surface area contributed by atoms with Gasteiger partial charge in [0.05, 0.1) is 12.1 Å². The highest BCUT2D eigenvalue weighted by atomic mass is 19.1. The fourth-order valence-electron chi connectivity index (χ4n) is 3.11. The molecule has 152 valence electrons. The van der Waals surface area contributed by atoms with E-state index in [2.05, 4.69) is 11.9 Å². The first kappa shape index (κ1) is 20.6. The molecule has 0 spiro atoms. The number of amides is 1. The summed E-state index contributed by atoms with van der Waals surface area (Å²) in [4.78, 5) is 12.9. The number of carbonyl (C=O) groups excluding carboxylic acids is 1. The van der Waals surface area contributed by atoms with E-state index in [1.807, 2.05) is 19.9 Å². The SMILES string of the molecule is C=CCOc1cccc2c1cc(C(=O)NCC(C)C)n2Cc1cc(F)ccc1F. The number of halogens is 2. The monoisotopic (exact) mass is 398 g/mol. The first-order valence-corrected chi connectivity index (χ1v) is 9.48. The average Bonchev–Trinajstić information content (AvgIpc) is 3.06. The van der Waals surface area contributed by atoms with Crippen molar-refractivity contribution in [3.8, 4) is 5.75 Å². The zero-order valence-corrected chi connectivity index (χ0v) is 16.5. The molecule has 0 unspecified atom stereocenters. The van der Waals surface area contributed by atoms with Crippen LogP contribution in [0.15, 0.2) is 55.1 Å². The first-order chi connectivity index (χ1) is 13.9. The van der Waals surface area contributed by atoms with Crippen molar-refractivity contribution in [2.45, 2.75) is 20.4 Å². The standard InChI is InChI=1S/C23H24F2N2O2/c1-4-10-29-22-7-5-6-20-18(22)12-21(23(28)26-13-15(2)3)27(20)14-16-11-17(24)8-9-19(16)25/h4-9,11-12,15H,1,10,13-14H2,2-3H3,(H,26,28). The summed E-state index contributed by atoms with van der Waals surface area (Å²) in [5, 5.41) is 3.61. The average molecular weight is 398 g/mol. The third kappa shape index (κ3) is 4.65. The van der Waals surface area contributed by atoms with Crippen LogP contribution in [0.3, 0.4) is 0 Å². The van der Waals surface area contributed by atoms with Crippen LogP contribution in [0, 0.1) is 17.6 Å². The Morgan fingerprint density at radius 3 is 2.76 bits per heavy atom. The van der Waals surface area contributed by atoms with E-state index in [9.17, 15) is 13.6 Å². The van der Waals surface area contributed by atoms with Gasteiger partial charge in [0, 0.05) is 17.5 Å². The fraction of sp³-hybridized carbons (Fsp3) is 0.261. The summed E-state index contributed by atoms with van der Waals surface area (Å²) in [6, 6.07) is 10.5. The van der Waals surface area contributed by atoms with E-state index in [0.717, 1.165) is 23.6 Å². The molecular formula is C23H24F2N2O2. The van der Waals surface area contributed by atoms with Crippen molar-refractivity contribution in [3.63, 3.8) is 0 Å². The summed E-state index contributed by atoms with van der Waals surface area (Å²) < 4.78 is 35.3. The van der Waals surface area contributed by atoms with Crippen molar-refractivity contribution in [3.05, 3.63) is 78.0 Å². The number of nitrogens with one attached hydrogen (secondary N) is 1. The third-order valence-corrected chi connectivity index (χ3v) is 4.50. The van der Waals surface area contributed by atoms with Crippen LogP contribution in [0.5, 0.6) is 5.75 Å². The Kier molecular flexibility index (Phi) is 6.32. The molecule has 1 N–H and O–H groups in total. The van der Waals surface area contributed by atoms with E-state index in [-0.39, 0.29) is 23.9 Å². The van der Waals surface area contributed by atoms with Gasteiger partial charge in [0.25, 0.3) is 5.91 Å². The van der Waals surface area contributed by atoms with Gasteiger partial charge in [-0.3, -0.25) is 4.79 Å². The molecule has 4 nitrogen and oxygen atoms in total. The molecule has 0 saturated heterocycles. The molecule has 6 heteroatoms. The zero-order valence-electron chi connectivity index (χ0n) is 16.5. The Balaban J connectivity index is 2.10. The van der Waals surface area contributed by atoms with Crippen LogP contribution in [0.4, 0.5) is 8.78 Å². The lowest BCUT2D eigenvalue weighted by Gasteiger charge is -2.13. The van der Waals surface area contributed by atoms with Crippen LogP contribution in [0.2, 0.25) is 0 Å². The van der Waals surface area contributed by atoms with Gasteiger partial charge in [-0.1, -0.05) is 32.6 Å². The Labute approximate surface area is 168 Å². The van der Waals surface area contributed by atoms with E-state index in [1.165, 1.54) is 0 Å². The van der Waals surface area contributed by atoms with Crippen molar-refractivity contribution >= 4 is 16.8 Å². The second kappa shape index (κ2) is 8.90. The molecule has 0 atom stereocenters. The Morgan fingerprint density at radius 2 is 2.03 bits per heavy atom. The molecule has 0 aliphatic rings. The smallest absolute Gasteiger partial charge is 0.267 e. The molecule has 0 saturated carbocycles. The lowest BCUT2D eigenvalue weighted by molar-refractivity contribution is 0.0940. The van der Waals surface area contributed by atoms with E-state index < -0.39 is 11.6 Å². The zero-order chi connectivity index (χ0) is 21.0. The van der Waals surface area contributed by atoms with Gasteiger partial charge in [-0.25, -0.2) is 8.78 Å². The fourth-order valence-corrected chi connectivity index (χ4v) is 3.11. The predicted molar refractivity (Wildman–Crippen MR) is 110 cm³/mol. The van der Waals surface area contributed by atoms with Crippen molar-refractivity contribution < 1.29 is 18.3 Å². The molecule has 0 aliphatic carbocycles. The topological polar surface area (TPSA) is 43.3 Å². The van der Waals surface area contributed by atoms with E-state index in [4.69, 9.17) is 4.74 Å². The molecular weight excluding hydrogens is 374 g/mol.